The highest BCUT2D eigenvalue weighted by Gasteiger charge is 2.04. The molecule has 0 saturated carbocycles. The summed E-state index contributed by atoms with van der Waals surface area (Å²) in [4.78, 5) is 21.4. The predicted molar refractivity (Wildman–Crippen MR) is 56.7 cm³/mol. The first-order valence-corrected chi connectivity index (χ1v) is 4.53. The van der Waals surface area contributed by atoms with Crippen LogP contribution in [0.25, 0.3) is 0 Å². The summed E-state index contributed by atoms with van der Waals surface area (Å²) < 4.78 is 4.98. The van der Waals surface area contributed by atoms with Gasteiger partial charge in [0.2, 0.25) is 0 Å². The van der Waals surface area contributed by atoms with E-state index < -0.39 is 5.97 Å². The summed E-state index contributed by atoms with van der Waals surface area (Å²) >= 11 is 0. The maximum Gasteiger partial charge on any atom is 0.338 e. The van der Waals surface area contributed by atoms with Gasteiger partial charge in [0.1, 0.15) is 12.0 Å². The smallest absolute Gasteiger partial charge is 0.338 e. The van der Waals surface area contributed by atoms with Crippen molar-refractivity contribution >= 4 is 12.3 Å². The van der Waals surface area contributed by atoms with Crippen LogP contribution in [-0.2, 0) is 16.0 Å². The van der Waals surface area contributed by atoms with Crippen molar-refractivity contribution in [3.05, 3.63) is 42.0 Å². The van der Waals surface area contributed by atoms with Crippen molar-refractivity contribution < 1.29 is 14.3 Å². The van der Waals surface area contributed by atoms with Crippen LogP contribution in [0.5, 0.6) is 5.75 Å². The van der Waals surface area contributed by atoms with Crippen molar-refractivity contribution in [1.29, 1.82) is 0 Å². The number of esters is 1. The Morgan fingerprint density at radius 2 is 2.00 bits per heavy atom. The van der Waals surface area contributed by atoms with Crippen LogP contribution in [0.2, 0.25) is 0 Å². The summed E-state index contributed by atoms with van der Waals surface area (Å²) in [7, 11) is 0. The zero-order valence-corrected chi connectivity index (χ0v) is 8.53. The Hall–Kier alpha value is -1.90. The number of rotatable bonds is 4. The van der Waals surface area contributed by atoms with E-state index in [2.05, 4.69) is 6.58 Å². The minimum absolute atomic E-state index is 0.354. The molecule has 3 nitrogen and oxygen atoms in total. The van der Waals surface area contributed by atoms with E-state index in [1.807, 2.05) is 0 Å². The van der Waals surface area contributed by atoms with Crippen molar-refractivity contribution in [2.24, 2.45) is 0 Å². The molecule has 1 rings (SSSR count). The lowest BCUT2D eigenvalue weighted by Crippen LogP contribution is -2.08. The van der Waals surface area contributed by atoms with Gasteiger partial charge in [0.25, 0.3) is 0 Å². The number of benzene rings is 1. The third-order valence-corrected chi connectivity index (χ3v) is 1.80. The van der Waals surface area contributed by atoms with Gasteiger partial charge in [-0.2, -0.15) is 0 Å². The molecule has 0 heterocycles. The van der Waals surface area contributed by atoms with Gasteiger partial charge in [0.05, 0.1) is 0 Å². The van der Waals surface area contributed by atoms with Crippen LogP contribution in [0.1, 0.15) is 12.5 Å². The molecule has 1 aromatic rings. The fraction of sp³-hybridized carbons (Fsp3) is 0.167. The van der Waals surface area contributed by atoms with Crippen molar-refractivity contribution in [2.45, 2.75) is 13.3 Å². The fourth-order valence-corrected chi connectivity index (χ4v) is 0.984. The molecule has 0 aromatic heterocycles. The Bertz CT molecular complexity index is 376. The van der Waals surface area contributed by atoms with Crippen molar-refractivity contribution in [3.63, 3.8) is 0 Å². The molecule has 0 bridgehead atoms. The third-order valence-electron chi connectivity index (χ3n) is 1.80. The van der Waals surface area contributed by atoms with Gasteiger partial charge in [-0.3, -0.25) is 0 Å². The summed E-state index contributed by atoms with van der Waals surface area (Å²) in [5, 5.41) is 0. The summed E-state index contributed by atoms with van der Waals surface area (Å²) in [6.45, 7) is 5.06. The fourth-order valence-electron chi connectivity index (χ4n) is 0.984. The van der Waals surface area contributed by atoms with Crippen molar-refractivity contribution in [3.8, 4) is 5.75 Å². The SMILES string of the molecule is C=C(C)C(=O)Oc1ccc(CC=O)cc1. The summed E-state index contributed by atoms with van der Waals surface area (Å²) in [5.74, 6) is 0.00999. The molecule has 3 heteroatoms. The topological polar surface area (TPSA) is 43.4 Å². The zero-order chi connectivity index (χ0) is 11.3. The molecule has 0 amide bonds. The van der Waals surface area contributed by atoms with Gasteiger partial charge >= 0.3 is 5.97 Å². The van der Waals surface area contributed by atoms with E-state index in [9.17, 15) is 9.59 Å². The first kappa shape index (κ1) is 11.2. The Labute approximate surface area is 88.4 Å². The summed E-state index contributed by atoms with van der Waals surface area (Å²) in [5.41, 5.74) is 1.24. The van der Waals surface area contributed by atoms with Crippen LogP contribution in [0.3, 0.4) is 0 Å². The first-order chi connectivity index (χ1) is 7.13. The molecule has 0 aliphatic carbocycles. The average Bonchev–Trinajstić information content (AvgIpc) is 2.21. The second-order valence-electron chi connectivity index (χ2n) is 3.18. The van der Waals surface area contributed by atoms with E-state index in [0.29, 0.717) is 17.7 Å². The van der Waals surface area contributed by atoms with Crippen LogP contribution in [0.4, 0.5) is 0 Å². The lowest BCUT2D eigenvalue weighted by Gasteiger charge is -2.03. The normalized spacial score (nSPS) is 9.40. The summed E-state index contributed by atoms with van der Waals surface area (Å²) in [6.07, 6.45) is 1.20. The van der Waals surface area contributed by atoms with E-state index in [-0.39, 0.29) is 0 Å². The standard InChI is InChI=1S/C12H12O3/c1-9(2)12(14)15-11-5-3-10(4-6-11)7-8-13/h3-6,8H,1,7H2,2H3. The van der Waals surface area contributed by atoms with Crippen LogP contribution in [0.15, 0.2) is 36.4 Å². The molecule has 0 aliphatic heterocycles. The molecule has 78 valence electrons. The molecular weight excluding hydrogens is 192 g/mol. The van der Waals surface area contributed by atoms with Gasteiger partial charge in [-0.25, -0.2) is 4.79 Å². The van der Waals surface area contributed by atoms with Gasteiger partial charge in [0.15, 0.2) is 0 Å². The molecule has 0 unspecified atom stereocenters. The summed E-state index contributed by atoms with van der Waals surface area (Å²) in [6, 6.07) is 6.80. The highest BCUT2D eigenvalue weighted by molar-refractivity contribution is 5.88. The molecule has 15 heavy (non-hydrogen) atoms. The number of hydrogen-bond acceptors (Lipinski definition) is 3. The number of ether oxygens (including phenoxy) is 1. The van der Waals surface area contributed by atoms with E-state index in [1.165, 1.54) is 0 Å². The minimum atomic E-state index is -0.446. The third kappa shape index (κ3) is 3.38. The molecule has 1 aromatic carbocycles. The molecule has 0 saturated heterocycles. The van der Waals surface area contributed by atoms with Crippen LogP contribution in [0, 0.1) is 0 Å². The number of hydrogen-bond donors (Lipinski definition) is 0. The Kier molecular flexibility index (Phi) is 3.80. The Balaban J connectivity index is 2.68. The molecule has 0 spiro atoms. The van der Waals surface area contributed by atoms with E-state index in [4.69, 9.17) is 4.74 Å². The quantitative estimate of drug-likeness (QED) is 0.325. The number of carbonyl (C=O) groups is 2. The largest absolute Gasteiger partial charge is 0.423 e. The lowest BCUT2D eigenvalue weighted by atomic mass is 10.2. The highest BCUT2D eigenvalue weighted by Crippen LogP contribution is 2.13. The van der Waals surface area contributed by atoms with E-state index in [1.54, 1.807) is 31.2 Å². The van der Waals surface area contributed by atoms with Crippen molar-refractivity contribution in [2.75, 3.05) is 0 Å². The van der Waals surface area contributed by atoms with E-state index in [0.717, 1.165) is 11.8 Å². The van der Waals surface area contributed by atoms with Crippen molar-refractivity contribution in [1.82, 2.24) is 0 Å². The minimum Gasteiger partial charge on any atom is -0.423 e. The van der Waals surface area contributed by atoms with Gasteiger partial charge in [-0.15, -0.1) is 0 Å². The monoisotopic (exact) mass is 204 g/mol. The molecular formula is C12H12O3. The molecule has 0 fully saturated rings. The average molecular weight is 204 g/mol. The Morgan fingerprint density at radius 1 is 1.40 bits per heavy atom. The van der Waals surface area contributed by atoms with Crippen LogP contribution >= 0.6 is 0 Å². The number of carbonyl (C=O) groups excluding carboxylic acids is 2. The van der Waals surface area contributed by atoms with Crippen LogP contribution < -0.4 is 4.74 Å². The van der Waals surface area contributed by atoms with Crippen LogP contribution in [-0.4, -0.2) is 12.3 Å². The number of aldehydes is 1. The second-order valence-corrected chi connectivity index (χ2v) is 3.18. The van der Waals surface area contributed by atoms with Gasteiger partial charge < -0.3 is 9.53 Å². The van der Waals surface area contributed by atoms with E-state index >= 15 is 0 Å². The molecule has 0 radical (unpaired) electrons. The van der Waals surface area contributed by atoms with Gasteiger partial charge in [-0.1, -0.05) is 18.7 Å². The highest BCUT2D eigenvalue weighted by atomic mass is 16.5. The zero-order valence-electron chi connectivity index (χ0n) is 8.53. The van der Waals surface area contributed by atoms with Gasteiger partial charge in [0, 0.05) is 12.0 Å². The molecule has 0 atom stereocenters. The maximum atomic E-state index is 11.1. The van der Waals surface area contributed by atoms with Gasteiger partial charge in [-0.05, 0) is 24.6 Å². The lowest BCUT2D eigenvalue weighted by molar-refractivity contribution is -0.130. The molecule has 0 aliphatic rings. The predicted octanol–water partition coefficient (Wildman–Crippen LogP) is 1.91. The molecule has 0 N–H and O–H groups in total. The first-order valence-electron chi connectivity index (χ1n) is 4.53. The Morgan fingerprint density at radius 3 is 2.47 bits per heavy atom. The maximum absolute atomic E-state index is 11.1. The second kappa shape index (κ2) is 5.10.